The van der Waals surface area contributed by atoms with Gasteiger partial charge in [-0.15, -0.1) is 0 Å². The van der Waals surface area contributed by atoms with Crippen LogP contribution in [-0.4, -0.2) is 15.5 Å². The summed E-state index contributed by atoms with van der Waals surface area (Å²) in [6.45, 7) is 6.28. The summed E-state index contributed by atoms with van der Waals surface area (Å²) in [6, 6.07) is 12.6. The zero-order valence-electron chi connectivity index (χ0n) is 14.9. The molecule has 3 rings (SSSR count). The van der Waals surface area contributed by atoms with Gasteiger partial charge in [0.25, 0.3) is 5.56 Å². The van der Waals surface area contributed by atoms with Gasteiger partial charge in [0.1, 0.15) is 6.54 Å². The average Bonchev–Trinajstić information content (AvgIpc) is 2.57. The van der Waals surface area contributed by atoms with Crippen molar-refractivity contribution in [3.8, 4) is 0 Å². The van der Waals surface area contributed by atoms with E-state index in [1.807, 2.05) is 24.3 Å². The molecule has 3 aromatic rings. The molecule has 1 N–H and O–H groups in total. The third-order valence-corrected chi connectivity index (χ3v) is 4.37. The summed E-state index contributed by atoms with van der Waals surface area (Å²) in [4.78, 5) is 29.0. The average molecular weight is 370 g/mol. The molecule has 5 nitrogen and oxygen atoms in total. The number of benzene rings is 2. The fourth-order valence-corrected chi connectivity index (χ4v) is 2.82. The fraction of sp³-hybridized carbons (Fsp3) is 0.250. The van der Waals surface area contributed by atoms with Crippen LogP contribution in [0.2, 0.25) is 5.02 Å². The largest absolute Gasteiger partial charge is 0.325 e. The SMILES string of the molecule is CC(C)(C)c1ccc(NC(=O)Cn2cnc3ccc(Cl)cc3c2=O)cc1. The molecule has 26 heavy (non-hydrogen) atoms. The monoisotopic (exact) mass is 369 g/mol. The molecule has 0 aliphatic carbocycles. The van der Waals surface area contributed by atoms with E-state index in [0.29, 0.717) is 21.6 Å². The second-order valence-electron chi connectivity index (χ2n) is 7.21. The molecule has 1 amide bonds. The van der Waals surface area contributed by atoms with Gasteiger partial charge < -0.3 is 5.32 Å². The van der Waals surface area contributed by atoms with Crippen LogP contribution in [0.3, 0.4) is 0 Å². The Morgan fingerprint density at radius 1 is 1.15 bits per heavy atom. The van der Waals surface area contributed by atoms with E-state index in [4.69, 9.17) is 11.6 Å². The smallest absolute Gasteiger partial charge is 0.261 e. The van der Waals surface area contributed by atoms with Gasteiger partial charge in [-0.25, -0.2) is 4.98 Å². The third kappa shape index (κ3) is 3.94. The zero-order valence-corrected chi connectivity index (χ0v) is 15.7. The van der Waals surface area contributed by atoms with E-state index in [-0.39, 0.29) is 23.4 Å². The molecular formula is C20H20ClN3O2. The van der Waals surface area contributed by atoms with Gasteiger partial charge >= 0.3 is 0 Å². The van der Waals surface area contributed by atoms with Crippen LogP contribution >= 0.6 is 11.6 Å². The first-order valence-corrected chi connectivity index (χ1v) is 8.67. The van der Waals surface area contributed by atoms with Gasteiger partial charge in [0, 0.05) is 10.7 Å². The van der Waals surface area contributed by atoms with Crippen LogP contribution in [0, 0.1) is 0 Å². The number of aromatic nitrogens is 2. The Kier molecular flexibility index (Phi) is 4.83. The molecule has 2 aromatic carbocycles. The Morgan fingerprint density at radius 2 is 1.85 bits per heavy atom. The van der Waals surface area contributed by atoms with Gasteiger partial charge in [-0.3, -0.25) is 14.2 Å². The minimum Gasteiger partial charge on any atom is -0.325 e. The normalized spacial score (nSPS) is 11.5. The summed E-state index contributed by atoms with van der Waals surface area (Å²) in [7, 11) is 0. The lowest BCUT2D eigenvalue weighted by Crippen LogP contribution is -2.27. The van der Waals surface area contributed by atoms with E-state index < -0.39 is 0 Å². The summed E-state index contributed by atoms with van der Waals surface area (Å²) in [5.74, 6) is -0.293. The second kappa shape index (κ2) is 6.92. The maximum absolute atomic E-state index is 12.5. The van der Waals surface area contributed by atoms with Crippen molar-refractivity contribution >= 4 is 34.1 Å². The van der Waals surface area contributed by atoms with Gasteiger partial charge in [-0.2, -0.15) is 0 Å². The number of nitrogens with zero attached hydrogens (tertiary/aromatic N) is 2. The Balaban J connectivity index is 1.77. The van der Waals surface area contributed by atoms with Crippen molar-refractivity contribution in [1.82, 2.24) is 9.55 Å². The molecule has 0 aliphatic rings. The van der Waals surface area contributed by atoms with Crippen molar-refractivity contribution in [2.75, 3.05) is 5.32 Å². The number of carbonyl (C=O) groups is 1. The molecule has 134 valence electrons. The second-order valence-corrected chi connectivity index (χ2v) is 7.65. The van der Waals surface area contributed by atoms with Crippen molar-refractivity contribution in [2.45, 2.75) is 32.7 Å². The van der Waals surface area contributed by atoms with Crippen molar-refractivity contribution in [3.63, 3.8) is 0 Å². The van der Waals surface area contributed by atoms with Crippen LogP contribution in [0.5, 0.6) is 0 Å². The quantitative estimate of drug-likeness (QED) is 0.759. The van der Waals surface area contributed by atoms with Crippen molar-refractivity contribution < 1.29 is 4.79 Å². The first kappa shape index (κ1) is 18.1. The van der Waals surface area contributed by atoms with E-state index >= 15 is 0 Å². The molecule has 0 aliphatic heterocycles. The van der Waals surface area contributed by atoms with Crippen LogP contribution < -0.4 is 10.9 Å². The molecule has 0 bridgehead atoms. The summed E-state index contributed by atoms with van der Waals surface area (Å²) in [5, 5.41) is 3.65. The van der Waals surface area contributed by atoms with E-state index in [2.05, 4.69) is 31.1 Å². The van der Waals surface area contributed by atoms with E-state index in [9.17, 15) is 9.59 Å². The van der Waals surface area contributed by atoms with Crippen molar-refractivity contribution in [2.24, 2.45) is 0 Å². The lowest BCUT2D eigenvalue weighted by atomic mass is 9.87. The predicted molar refractivity (Wildman–Crippen MR) is 105 cm³/mol. The minimum absolute atomic E-state index is 0.0495. The number of carbonyl (C=O) groups excluding carboxylic acids is 1. The molecular weight excluding hydrogens is 350 g/mol. The first-order valence-electron chi connectivity index (χ1n) is 8.29. The number of fused-ring (bicyclic) bond motifs is 1. The molecule has 0 radical (unpaired) electrons. The number of anilines is 1. The van der Waals surface area contributed by atoms with Gasteiger partial charge in [-0.05, 0) is 41.3 Å². The highest BCUT2D eigenvalue weighted by atomic mass is 35.5. The fourth-order valence-electron chi connectivity index (χ4n) is 2.65. The number of hydrogen-bond acceptors (Lipinski definition) is 3. The van der Waals surface area contributed by atoms with Gasteiger partial charge in [0.2, 0.25) is 5.91 Å². The number of hydrogen-bond donors (Lipinski definition) is 1. The Labute approximate surface area is 156 Å². The van der Waals surface area contributed by atoms with Crippen LogP contribution in [-0.2, 0) is 16.8 Å². The Hall–Kier alpha value is -2.66. The van der Waals surface area contributed by atoms with Crippen LogP contribution in [0.25, 0.3) is 10.9 Å². The number of nitrogens with one attached hydrogen (secondary N) is 1. The maximum atomic E-state index is 12.5. The maximum Gasteiger partial charge on any atom is 0.261 e. The van der Waals surface area contributed by atoms with Crippen LogP contribution in [0.1, 0.15) is 26.3 Å². The summed E-state index contributed by atoms with van der Waals surface area (Å²) in [5.41, 5.74) is 2.17. The predicted octanol–water partition coefficient (Wildman–Crippen LogP) is 3.99. The molecule has 0 unspecified atom stereocenters. The molecule has 0 spiro atoms. The minimum atomic E-state index is -0.296. The summed E-state index contributed by atoms with van der Waals surface area (Å²) in [6.07, 6.45) is 1.38. The van der Waals surface area contributed by atoms with Crippen molar-refractivity contribution in [1.29, 1.82) is 0 Å². The first-order chi connectivity index (χ1) is 12.2. The Morgan fingerprint density at radius 3 is 2.50 bits per heavy atom. The standard InChI is InChI=1S/C20H20ClN3O2/c1-20(2,3)13-4-7-15(8-5-13)23-18(25)11-24-12-22-17-9-6-14(21)10-16(17)19(24)26/h4-10,12H,11H2,1-3H3,(H,23,25). The van der Waals surface area contributed by atoms with E-state index in [0.717, 1.165) is 0 Å². The topological polar surface area (TPSA) is 64.0 Å². The summed E-state index contributed by atoms with van der Waals surface area (Å²) < 4.78 is 1.28. The molecule has 6 heteroatoms. The lowest BCUT2D eigenvalue weighted by Gasteiger charge is -2.19. The lowest BCUT2D eigenvalue weighted by molar-refractivity contribution is -0.116. The third-order valence-electron chi connectivity index (χ3n) is 4.13. The van der Waals surface area contributed by atoms with E-state index in [1.54, 1.807) is 18.2 Å². The van der Waals surface area contributed by atoms with Crippen LogP contribution in [0.4, 0.5) is 5.69 Å². The molecule has 0 atom stereocenters. The van der Waals surface area contributed by atoms with Gasteiger partial charge in [-0.1, -0.05) is 44.5 Å². The molecule has 0 saturated carbocycles. The highest BCUT2D eigenvalue weighted by molar-refractivity contribution is 6.31. The Bertz CT molecular complexity index is 1020. The van der Waals surface area contributed by atoms with E-state index in [1.165, 1.54) is 16.5 Å². The van der Waals surface area contributed by atoms with Crippen LogP contribution in [0.15, 0.2) is 53.6 Å². The summed E-state index contributed by atoms with van der Waals surface area (Å²) >= 11 is 5.95. The van der Waals surface area contributed by atoms with Crippen molar-refractivity contribution in [3.05, 3.63) is 69.7 Å². The number of amides is 1. The number of halogens is 1. The molecule has 1 aromatic heterocycles. The highest BCUT2D eigenvalue weighted by Gasteiger charge is 2.13. The number of rotatable bonds is 3. The molecule has 1 heterocycles. The highest BCUT2D eigenvalue weighted by Crippen LogP contribution is 2.23. The van der Waals surface area contributed by atoms with Gasteiger partial charge in [0.05, 0.1) is 17.2 Å². The molecule has 0 fully saturated rings. The van der Waals surface area contributed by atoms with Gasteiger partial charge in [0.15, 0.2) is 0 Å². The zero-order chi connectivity index (χ0) is 18.9. The molecule has 0 saturated heterocycles.